The Morgan fingerprint density at radius 2 is 2.08 bits per heavy atom. The SMILES string of the molecule is COc1ccc(NC(=O)C(=O)NCC(O)c2cccn2C)cc1Cl. The van der Waals surface area contributed by atoms with E-state index in [1.54, 1.807) is 42.1 Å². The number of anilines is 1. The number of amides is 2. The Morgan fingerprint density at radius 3 is 2.67 bits per heavy atom. The highest BCUT2D eigenvalue weighted by atomic mass is 35.5. The monoisotopic (exact) mass is 351 g/mol. The molecule has 3 N–H and O–H groups in total. The molecule has 7 nitrogen and oxygen atoms in total. The summed E-state index contributed by atoms with van der Waals surface area (Å²) in [6.07, 6.45) is 0.873. The molecule has 128 valence electrons. The van der Waals surface area contributed by atoms with E-state index in [1.807, 2.05) is 0 Å². The van der Waals surface area contributed by atoms with Gasteiger partial charge in [-0.1, -0.05) is 11.6 Å². The molecule has 8 heteroatoms. The lowest BCUT2D eigenvalue weighted by Crippen LogP contribution is -2.37. The number of carbonyl (C=O) groups is 2. The zero-order valence-corrected chi connectivity index (χ0v) is 14.0. The summed E-state index contributed by atoms with van der Waals surface area (Å²) in [5.74, 6) is -1.24. The van der Waals surface area contributed by atoms with Crippen LogP contribution in [-0.4, -0.2) is 35.1 Å². The highest BCUT2D eigenvalue weighted by Gasteiger charge is 2.17. The zero-order chi connectivity index (χ0) is 17.7. The minimum atomic E-state index is -0.905. The lowest BCUT2D eigenvalue weighted by molar-refractivity contribution is -0.136. The molecule has 1 unspecified atom stereocenters. The maximum Gasteiger partial charge on any atom is 0.313 e. The summed E-state index contributed by atoms with van der Waals surface area (Å²) in [5.41, 5.74) is 1.00. The normalized spacial score (nSPS) is 11.7. The number of rotatable bonds is 5. The number of carbonyl (C=O) groups excluding carboxylic acids is 2. The van der Waals surface area contributed by atoms with E-state index in [2.05, 4.69) is 10.6 Å². The van der Waals surface area contributed by atoms with Crippen LogP contribution >= 0.6 is 11.6 Å². The van der Waals surface area contributed by atoms with Crippen LogP contribution in [0, 0.1) is 0 Å². The smallest absolute Gasteiger partial charge is 0.313 e. The van der Waals surface area contributed by atoms with Gasteiger partial charge in [-0.3, -0.25) is 9.59 Å². The third-order valence-corrected chi connectivity index (χ3v) is 3.69. The van der Waals surface area contributed by atoms with Crippen LogP contribution in [0.4, 0.5) is 5.69 Å². The molecule has 0 aliphatic rings. The molecule has 2 amide bonds. The summed E-state index contributed by atoms with van der Waals surface area (Å²) < 4.78 is 6.74. The van der Waals surface area contributed by atoms with E-state index < -0.39 is 17.9 Å². The van der Waals surface area contributed by atoms with Crippen LogP contribution in [0.3, 0.4) is 0 Å². The van der Waals surface area contributed by atoms with Crippen molar-refractivity contribution in [2.45, 2.75) is 6.10 Å². The molecule has 1 atom stereocenters. The molecule has 2 rings (SSSR count). The molecule has 0 aliphatic carbocycles. The Kier molecular flexibility index (Phi) is 5.83. The third-order valence-electron chi connectivity index (χ3n) is 3.40. The first kappa shape index (κ1) is 17.8. The minimum absolute atomic E-state index is 0.0759. The zero-order valence-electron chi connectivity index (χ0n) is 13.2. The maximum atomic E-state index is 11.9. The molecule has 0 fully saturated rings. The van der Waals surface area contributed by atoms with Crippen molar-refractivity contribution in [2.24, 2.45) is 7.05 Å². The van der Waals surface area contributed by atoms with E-state index in [9.17, 15) is 14.7 Å². The maximum absolute atomic E-state index is 11.9. The molecule has 2 aromatic rings. The lowest BCUT2D eigenvalue weighted by atomic mass is 10.2. The second-order valence-corrected chi connectivity index (χ2v) is 5.48. The van der Waals surface area contributed by atoms with Crippen molar-refractivity contribution < 1.29 is 19.4 Å². The fraction of sp³-hybridized carbons (Fsp3) is 0.250. The summed E-state index contributed by atoms with van der Waals surface area (Å²) in [5, 5.41) is 15.1. The van der Waals surface area contributed by atoms with Gasteiger partial charge in [0, 0.05) is 31.2 Å². The van der Waals surface area contributed by atoms with Crippen LogP contribution in [-0.2, 0) is 16.6 Å². The van der Waals surface area contributed by atoms with E-state index in [-0.39, 0.29) is 6.54 Å². The van der Waals surface area contributed by atoms with E-state index in [1.165, 1.54) is 13.2 Å². The van der Waals surface area contributed by atoms with Gasteiger partial charge in [-0.2, -0.15) is 0 Å². The number of nitrogens with one attached hydrogen (secondary N) is 2. The molecular weight excluding hydrogens is 334 g/mol. The van der Waals surface area contributed by atoms with Crippen LogP contribution in [0.15, 0.2) is 36.5 Å². The van der Waals surface area contributed by atoms with Gasteiger partial charge in [0.15, 0.2) is 0 Å². The fourth-order valence-corrected chi connectivity index (χ4v) is 2.38. The molecular formula is C16H18ClN3O4. The van der Waals surface area contributed by atoms with Crippen LogP contribution < -0.4 is 15.4 Å². The Labute approximate surface area is 144 Å². The van der Waals surface area contributed by atoms with E-state index >= 15 is 0 Å². The predicted molar refractivity (Wildman–Crippen MR) is 90.0 cm³/mol. The van der Waals surface area contributed by atoms with Crippen molar-refractivity contribution in [3.8, 4) is 5.75 Å². The van der Waals surface area contributed by atoms with Gasteiger partial charge in [-0.05, 0) is 30.3 Å². The molecule has 0 radical (unpaired) electrons. The van der Waals surface area contributed by atoms with Gasteiger partial charge in [0.2, 0.25) is 0 Å². The average Bonchev–Trinajstić information content (AvgIpc) is 2.98. The summed E-state index contributed by atoms with van der Waals surface area (Å²) in [6.45, 7) is -0.0759. The molecule has 1 aromatic heterocycles. The molecule has 1 aromatic carbocycles. The van der Waals surface area contributed by atoms with Gasteiger partial charge in [0.1, 0.15) is 11.9 Å². The number of hydrogen-bond acceptors (Lipinski definition) is 4. The van der Waals surface area contributed by atoms with Crippen molar-refractivity contribution in [1.29, 1.82) is 0 Å². The second-order valence-electron chi connectivity index (χ2n) is 5.07. The van der Waals surface area contributed by atoms with Gasteiger partial charge in [-0.15, -0.1) is 0 Å². The van der Waals surface area contributed by atoms with Crippen molar-refractivity contribution in [3.05, 3.63) is 47.2 Å². The number of benzene rings is 1. The largest absolute Gasteiger partial charge is 0.495 e. The van der Waals surface area contributed by atoms with Gasteiger partial charge in [0.05, 0.1) is 12.1 Å². The lowest BCUT2D eigenvalue weighted by Gasteiger charge is -2.13. The van der Waals surface area contributed by atoms with Gasteiger partial charge in [-0.25, -0.2) is 0 Å². The van der Waals surface area contributed by atoms with E-state index in [0.717, 1.165) is 0 Å². The summed E-state index contributed by atoms with van der Waals surface area (Å²) in [7, 11) is 3.26. The molecule has 0 spiro atoms. The Bertz CT molecular complexity index is 745. The van der Waals surface area contributed by atoms with Gasteiger partial charge >= 0.3 is 11.8 Å². The summed E-state index contributed by atoms with van der Waals surface area (Å²) >= 11 is 5.95. The van der Waals surface area contributed by atoms with Crippen molar-refractivity contribution in [2.75, 3.05) is 19.0 Å². The number of aliphatic hydroxyl groups is 1. The first-order chi connectivity index (χ1) is 11.4. The van der Waals surface area contributed by atoms with Crippen molar-refractivity contribution >= 4 is 29.1 Å². The van der Waals surface area contributed by atoms with Crippen LogP contribution in [0.2, 0.25) is 5.02 Å². The molecule has 0 aliphatic heterocycles. The predicted octanol–water partition coefficient (Wildman–Crippen LogP) is 1.48. The number of aromatic nitrogens is 1. The van der Waals surface area contributed by atoms with Gasteiger partial charge in [0.25, 0.3) is 0 Å². The van der Waals surface area contributed by atoms with Crippen molar-refractivity contribution in [1.82, 2.24) is 9.88 Å². The standard InChI is InChI=1S/C16H18ClN3O4/c1-20-7-3-4-12(20)13(21)9-18-15(22)16(23)19-10-5-6-14(24-2)11(17)8-10/h3-8,13,21H,9H2,1-2H3,(H,18,22)(H,19,23). The number of aliphatic hydroxyl groups excluding tert-OH is 1. The molecule has 0 saturated carbocycles. The number of hydrogen-bond donors (Lipinski definition) is 3. The average molecular weight is 352 g/mol. The van der Waals surface area contributed by atoms with E-state index in [0.29, 0.717) is 22.2 Å². The topological polar surface area (TPSA) is 92.6 Å². The Balaban J connectivity index is 1.89. The highest BCUT2D eigenvalue weighted by Crippen LogP contribution is 2.27. The molecule has 0 bridgehead atoms. The fourth-order valence-electron chi connectivity index (χ4n) is 2.13. The first-order valence-electron chi connectivity index (χ1n) is 7.14. The molecule has 24 heavy (non-hydrogen) atoms. The quantitative estimate of drug-likeness (QED) is 0.711. The number of ether oxygens (including phenoxy) is 1. The molecule has 1 heterocycles. The minimum Gasteiger partial charge on any atom is -0.495 e. The summed E-state index contributed by atoms with van der Waals surface area (Å²) in [4.78, 5) is 23.7. The van der Waals surface area contributed by atoms with E-state index in [4.69, 9.17) is 16.3 Å². The summed E-state index contributed by atoms with van der Waals surface area (Å²) in [6, 6.07) is 8.13. The third kappa shape index (κ3) is 4.27. The van der Waals surface area contributed by atoms with Gasteiger partial charge < -0.3 is 25.0 Å². The number of methoxy groups -OCH3 is 1. The Morgan fingerprint density at radius 1 is 1.33 bits per heavy atom. The number of halogens is 1. The highest BCUT2D eigenvalue weighted by molar-refractivity contribution is 6.40. The van der Waals surface area contributed by atoms with Crippen LogP contribution in [0.1, 0.15) is 11.8 Å². The van der Waals surface area contributed by atoms with Crippen LogP contribution in [0.5, 0.6) is 5.75 Å². The van der Waals surface area contributed by atoms with Crippen molar-refractivity contribution in [3.63, 3.8) is 0 Å². The second kappa shape index (κ2) is 7.85. The van der Waals surface area contributed by atoms with Crippen LogP contribution in [0.25, 0.3) is 0 Å². The number of aryl methyl sites for hydroxylation is 1. The number of nitrogens with zero attached hydrogens (tertiary/aromatic N) is 1. The first-order valence-corrected chi connectivity index (χ1v) is 7.52. The molecule has 0 saturated heterocycles. The Hall–Kier alpha value is -2.51.